The SMILES string of the molecule is CCCN(CC(O)COCC)C1CCNCC1. The van der Waals surface area contributed by atoms with E-state index in [1.165, 1.54) is 12.8 Å². The molecule has 0 aromatic carbocycles. The molecule has 1 unspecified atom stereocenters. The number of nitrogens with one attached hydrogen (secondary N) is 1. The fourth-order valence-electron chi connectivity index (χ4n) is 2.46. The number of hydrogen-bond donors (Lipinski definition) is 2. The molecule has 1 saturated heterocycles. The van der Waals surface area contributed by atoms with Crippen molar-refractivity contribution in [2.45, 2.75) is 45.3 Å². The highest BCUT2D eigenvalue weighted by Gasteiger charge is 2.22. The molecule has 1 fully saturated rings. The van der Waals surface area contributed by atoms with E-state index in [1.54, 1.807) is 0 Å². The van der Waals surface area contributed by atoms with Gasteiger partial charge in [-0.15, -0.1) is 0 Å². The van der Waals surface area contributed by atoms with Gasteiger partial charge in [-0.05, 0) is 45.8 Å². The number of hydrogen-bond acceptors (Lipinski definition) is 4. The first kappa shape index (κ1) is 14.9. The summed E-state index contributed by atoms with van der Waals surface area (Å²) in [7, 11) is 0. The van der Waals surface area contributed by atoms with Gasteiger partial charge in [0.05, 0.1) is 12.7 Å². The van der Waals surface area contributed by atoms with Crippen LogP contribution >= 0.6 is 0 Å². The van der Waals surface area contributed by atoms with E-state index in [0.717, 1.165) is 32.6 Å². The zero-order valence-corrected chi connectivity index (χ0v) is 11.3. The lowest BCUT2D eigenvalue weighted by atomic mass is 10.0. The lowest BCUT2D eigenvalue weighted by Crippen LogP contribution is -2.47. The van der Waals surface area contributed by atoms with Crippen LogP contribution in [0.5, 0.6) is 0 Å². The minimum Gasteiger partial charge on any atom is -0.389 e. The van der Waals surface area contributed by atoms with Gasteiger partial charge in [0.2, 0.25) is 0 Å². The van der Waals surface area contributed by atoms with E-state index >= 15 is 0 Å². The van der Waals surface area contributed by atoms with E-state index in [-0.39, 0.29) is 6.10 Å². The van der Waals surface area contributed by atoms with E-state index in [2.05, 4.69) is 17.1 Å². The van der Waals surface area contributed by atoms with E-state index in [1.807, 2.05) is 6.92 Å². The molecule has 4 nitrogen and oxygen atoms in total. The Morgan fingerprint density at radius 2 is 2.06 bits per heavy atom. The molecule has 1 rings (SSSR count). The lowest BCUT2D eigenvalue weighted by Gasteiger charge is -2.35. The predicted molar refractivity (Wildman–Crippen MR) is 70.3 cm³/mol. The number of rotatable bonds is 8. The Bertz CT molecular complexity index is 184. The topological polar surface area (TPSA) is 44.7 Å². The van der Waals surface area contributed by atoms with Crippen LogP contribution in [0.3, 0.4) is 0 Å². The number of nitrogens with zero attached hydrogens (tertiary/aromatic N) is 1. The molecule has 0 aromatic heterocycles. The van der Waals surface area contributed by atoms with Gasteiger partial charge in [-0.1, -0.05) is 6.92 Å². The minimum atomic E-state index is -0.351. The van der Waals surface area contributed by atoms with Gasteiger partial charge in [-0.2, -0.15) is 0 Å². The molecule has 4 heteroatoms. The van der Waals surface area contributed by atoms with Gasteiger partial charge in [0.25, 0.3) is 0 Å². The first-order chi connectivity index (χ1) is 8.27. The molecule has 1 atom stereocenters. The van der Waals surface area contributed by atoms with E-state index in [9.17, 15) is 5.11 Å². The minimum absolute atomic E-state index is 0.351. The summed E-state index contributed by atoms with van der Waals surface area (Å²) in [6.45, 7) is 9.33. The summed E-state index contributed by atoms with van der Waals surface area (Å²) in [5, 5.41) is 13.3. The molecule has 0 amide bonds. The molecule has 2 N–H and O–H groups in total. The molecule has 17 heavy (non-hydrogen) atoms. The number of ether oxygens (including phenoxy) is 1. The van der Waals surface area contributed by atoms with Gasteiger partial charge in [0.1, 0.15) is 0 Å². The highest BCUT2D eigenvalue weighted by molar-refractivity contribution is 4.79. The molecule has 0 bridgehead atoms. The smallest absolute Gasteiger partial charge is 0.0900 e. The Balaban J connectivity index is 2.35. The maximum Gasteiger partial charge on any atom is 0.0900 e. The van der Waals surface area contributed by atoms with Crippen LogP contribution in [0.1, 0.15) is 33.1 Å². The van der Waals surface area contributed by atoms with Gasteiger partial charge >= 0.3 is 0 Å². The summed E-state index contributed by atoms with van der Waals surface area (Å²) >= 11 is 0. The van der Waals surface area contributed by atoms with Crippen LogP contribution < -0.4 is 5.32 Å². The van der Waals surface area contributed by atoms with Gasteiger partial charge in [-0.3, -0.25) is 4.90 Å². The number of piperidine rings is 1. The third kappa shape index (κ3) is 5.82. The van der Waals surface area contributed by atoms with Crippen LogP contribution in [0.2, 0.25) is 0 Å². The van der Waals surface area contributed by atoms with Crippen molar-refractivity contribution in [3.63, 3.8) is 0 Å². The highest BCUT2D eigenvalue weighted by Crippen LogP contribution is 2.13. The molecular formula is C13H28N2O2. The summed E-state index contributed by atoms with van der Waals surface area (Å²) in [5.41, 5.74) is 0. The van der Waals surface area contributed by atoms with Crippen molar-refractivity contribution < 1.29 is 9.84 Å². The normalized spacial score (nSPS) is 19.8. The first-order valence-electron chi connectivity index (χ1n) is 6.98. The van der Waals surface area contributed by atoms with E-state index < -0.39 is 0 Å². The van der Waals surface area contributed by atoms with E-state index in [4.69, 9.17) is 4.74 Å². The van der Waals surface area contributed by atoms with Crippen molar-refractivity contribution in [2.24, 2.45) is 0 Å². The Hall–Kier alpha value is -0.160. The quantitative estimate of drug-likeness (QED) is 0.664. The van der Waals surface area contributed by atoms with Crippen molar-refractivity contribution in [1.29, 1.82) is 0 Å². The standard InChI is InChI=1S/C13H28N2O2/c1-3-9-15(10-13(16)11-17-4-2)12-5-7-14-8-6-12/h12-14,16H,3-11H2,1-2H3. The second kappa shape index (κ2) is 8.86. The van der Waals surface area contributed by atoms with Crippen molar-refractivity contribution >= 4 is 0 Å². The monoisotopic (exact) mass is 244 g/mol. The fourth-order valence-corrected chi connectivity index (χ4v) is 2.46. The number of aliphatic hydroxyl groups is 1. The van der Waals surface area contributed by atoms with Crippen LogP contribution in [0.15, 0.2) is 0 Å². The van der Waals surface area contributed by atoms with Gasteiger partial charge in [-0.25, -0.2) is 0 Å². The molecule has 1 heterocycles. The van der Waals surface area contributed by atoms with Crippen molar-refractivity contribution in [3.8, 4) is 0 Å². The summed E-state index contributed by atoms with van der Waals surface area (Å²) < 4.78 is 5.27. The molecule has 0 aromatic rings. The maximum absolute atomic E-state index is 9.93. The molecule has 0 saturated carbocycles. The lowest BCUT2D eigenvalue weighted by molar-refractivity contribution is 0.00888. The Morgan fingerprint density at radius 1 is 1.35 bits per heavy atom. The van der Waals surface area contributed by atoms with Gasteiger partial charge in [0, 0.05) is 19.2 Å². The largest absolute Gasteiger partial charge is 0.389 e. The maximum atomic E-state index is 9.93. The van der Waals surface area contributed by atoms with Crippen LogP contribution in [-0.2, 0) is 4.74 Å². The van der Waals surface area contributed by atoms with Crippen LogP contribution in [-0.4, -0.2) is 61.5 Å². The highest BCUT2D eigenvalue weighted by atomic mass is 16.5. The summed E-state index contributed by atoms with van der Waals surface area (Å²) in [6.07, 6.45) is 3.19. The summed E-state index contributed by atoms with van der Waals surface area (Å²) in [5.74, 6) is 0. The second-order valence-electron chi connectivity index (χ2n) is 4.79. The van der Waals surface area contributed by atoms with Crippen molar-refractivity contribution in [1.82, 2.24) is 10.2 Å². The molecule has 0 radical (unpaired) electrons. The molecule has 1 aliphatic rings. The van der Waals surface area contributed by atoms with Crippen molar-refractivity contribution in [2.75, 3.05) is 39.4 Å². The second-order valence-corrected chi connectivity index (χ2v) is 4.79. The summed E-state index contributed by atoms with van der Waals surface area (Å²) in [4.78, 5) is 2.44. The van der Waals surface area contributed by atoms with Crippen LogP contribution in [0.4, 0.5) is 0 Å². The number of aliphatic hydroxyl groups excluding tert-OH is 1. The van der Waals surface area contributed by atoms with E-state index in [0.29, 0.717) is 19.3 Å². The molecule has 1 aliphatic heterocycles. The first-order valence-corrected chi connectivity index (χ1v) is 6.98. The Kier molecular flexibility index (Phi) is 7.77. The third-order valence-corrected chi connectivity index (χ3v) is 3.30. The molecular weight excluding hydrogens is 216 g/mol. The van der Waals surface area contributed by atoms with Crippen LogP contribution in [0, 0.1) is 0 Å². The third-order valence-electron chi connectivity index (χ3n) is 3.30. The predicted octanol–water partition coefficient (Wildman–Crippen LogP) is 0.848. The molecule has 102 valence electrons. The average molecular weight is 244 g/mol. The summed E-state index contributed by atoms with van der Waals surface area (Å²) in [6, 6.07) is 0.632. The Morgan fingerprint density at radius 3 is 2.65 bits per heavy atom. The van der Waals surface area contributed by atoms with Gasteiger partial charge in [0.15, 0.2) is 0 Å². The zero-order chi connectivity index (χ0) is 12.5. The van der Waals surface area contributed by atoms with Crippen LogP contribution in [0.25, 0.3) is 0 Å². The average Bonchev–Trinajstić information content (AvgIpc) is 2.37. The molecule has 0 spiro atoms. The van der Waals surface area contributed by atoms with Gasteiger partial charge < -0.3 is 15.2 Å². The Labute approximate surface area is 105 Å². The molecule has 0 aliphatic carbocycles. The zero-order valence-electron chi connectivity index (χ0n) is 11.3. The fraction of sp³-hybridized carbons (Fsp3) is 1.00. The van der Waals surface area contributed by atoms with Crippen molar-refractivity contribution in [3.05, 3.63) is 0 Å².